The molecule has 3 nitrogen and oxygen atoms in total. The molecule has 0 atom stereocenters. The number of H-pyrrole nitrogens is 1. The molecule has 0 aliphatic carbocycles. The van der Waals surface area contributed by atoms with Crippen LogP contribution in [0.2, 0.25) is 0 Å². The predicted molar refractivity (Wildman–Crippen MR) is 56.5 cm³/mol. The Labute approximate surface area is 81.8 Å². The second-order valence-electron chi connectivity index (χ2n) is 3.65. The summed E-state index contributed by atoms with van der Waals surface area (Å²) in [6.07, 6.45) is 5.08. The predicted octanol–water partition coefficient (Wildman–Crippen LogP) is 2.05. The van der Waals surface area contributed by atoms with Crippen LogP contribution in [-0.2, 0) is 0 Å². The Morgan fingerprint density at radius 1 is 1.43 bits per heavy atom. The number of aromatic amines is 1. The Bertz CT molecular complexity index is 514. The molecule has 72 valence electrons. The van der Waals surface area contributed by atoms with E-state index in [1.807, 2.05) is 13.8 Å². The minimum atomic E-state index is 0.108. The van der Waals surface area contributed by atoms with Crippen molar-refractivity contribution in [3.05, 3.63) is 40.4 Å². The number of pyridine rings is 2. The highest BCUT2D eigenvalue weighted by atomic mass is 16.1. The molecule has 0 fully saturated rings. The lowest BCUT2D eigenvalue weighted by atomic mass is 10.0. The van der Waals surface area contributed by atoms with Crippen LogP contribution in [0, 0.1) is 0 Å². The number of nitrogens with zero attached hydrogens (tertiary/aromatic N) is 1. The zero-order valence-corrected chi connectivity index (χ0v) is 8.24. The molecule has 0 spiro atoms. The molecular formula is C11H12N2O. The minimum absolute atomic E-state index is 0.108. The standard InChI is InChI=1S/C11H12N2O/c1-7(2)9-5-13-10-6-12-4-3-8(10)11(9)14/h3-7H,1-2H3,(H,13,14). The quantitative estimate of drug-likeness (QED) is 0.744. The monoisotopic (exact) mass is 188 g/mol. The van der Waals surface area contributed by atoms with Gasteiger partial charge in [-0.3, -0.25) is 9.78 Å². The Balaban J connectivity index is 2.82. The second kappa shape index (κ2) is 3.25. The van der Waals surface area contributed by atoms with Crippen LogP contribution in [-0.4, -0.2) is 9.97 Å². The molecule has 0 aliphatic rings. The van der Waals surface area contributed by atoms with E-state index >= 15 is 0 Å². The first-order chi connectivity index (χ1) is 6.70. The summed E-state index contributed by atoms with van der Waals surface area (Å²) in [5.41, 5.74) is 1.72. The average Bonchev–Trinajstić information content (AvgIpc) is 2.18. The fourth-order valence-electron chi connectivity index (χ4n) is 1.51. The van der Waals surface area contributed by atoms with Gasteiger partial charge in [-0.2, -0.15) is 0 Å². The van der Waals surface area contributed by atoms with Crippen molar-refractivity contribution in [3.63, 3.8) is 0 Å². The summed E-state index contributed by atoms with van der Waals surface area (Å²) < 4.78 is 0. The minimum Gasteiger partial charge on any atom is -0.359 e. The Morgan fingerprint density at radius 3 is 2.93 bits per heavy atom. The van der Waals surface area contributed by atoms with Crippen LogP contribution in [0.5, 0.6) is 0 Å². The summed E-state index contributed by atoms with van der Waals surface area (Å²) >= 11 is 0. The average molecular weight is 188 g/mol. The van der Waals surface area contributed by atoms with Crippen LogP contribution in [0.4, 0.5) is 0 Å². The smallest absolute Gasteiger partial charge is 0.192 e. The molecular weight excluding hydrogens is 176 g/mol. The molecule has 0 unspecified atom stereocenters. The summed E-state index contributed by atoms with van der Waals surface area (Å²) in [4.78, 5) is 19.0. The third kappa shape index (κ3) is 1.31. The first-order valence-electron chi connectivity index (χ1n) is 4.65. The molecule has 0 saturated carbocycles. The van der Waals surface area contributed by atoms with Crippen molar-refractivity contribution in [3.8, 4) is 0 Å². The number of nitrogens with one attached hydrogen (secondary N) is 1. The van der Waals surface area contributed by atoms with E-state index in [4.69, 9.17) is 0 Å². The van der Waals surface area contributed by atoms with Gasteiger partial charge in [0.25, 0.3) is 0 Å². The maximum Gasteiger partial charge on any atom is 0.192 e. The fraction of sp³-hybridized carbons (Fsp3) is 0.273. The van der Waals surface area contributed by atoms with Crippen LogP contribution in [0.25, 0.3) is 10.9 Å². The molecule has 3 heteroatoms. The zero-order valence-electron chi connectivity index (χ0n) is 8.24. The first kappa shape index (κ1) is 8.94. The van der Waals surface area contributed by atoms with E-state index in [0.717, 1.165) is 11.1 Å². The number of hydrogen-bond donors (Lipinski definition) is 1. The van der Waals surface area contributed by atoms with Crippen LogP contribution in [0.15, 0.2) is 29.5 Å². The highest BCUT2D eigenvalue weighted by Gasteiger charge is 2.07. The molecule has 0 amide bonds. The molecule has 1 N–H and O–H groups in total. The van der Waals surface area contributed by atoms with Crippen molar-refractivity contribution in [1.29, 1.82) is 0 Å². The molecule has 0 aliphatic heterocycles. The van der Waals surface area contributed by atoms with Gasteiger partial charge in [0.15, 0.2) is 5.43 Å². The van der Waals surface area contributed by atoms with E-state index in [1.165, 1.54) is 0 Å². The maximum absolute atomic E-state index is 11.9. The SMILES string of the molecule is CC(C)c1c[nH]c2cnccc2c1=O. The lowest BCUT2D eigenvalue weighted by molar-refractivity contribution is 0.853. The number of fused-ring (bicyclic) bond motifs is 1. The Kier molecular flexibility index (Phi) is 2.08. The first-order valence-corrected chi connectivity index (χ1v) is 4.65. The van der Waals surface area contributed by atoms with E-state index in [2.05, 4.69) is 9.97 Å². The molecule has 0 radical (unpaired) electrons. The van der Waals surface area contributed by atoms with E-state index in [9.17, 15) is 4.79 Å². The molecule has 0 saturated heterocycles. The Morgan fingerprint density at radius 2 is 2.21 bits per heavy atom. The third-order valence-corrected chi connectivity index (χ3v) is 2.33. The van der Waals surface area contributed by atoms with Crippen molar-refractivity contribution >= 4 is 10.9 Å². The van der Waals surface area contributed by atoms with Gasteiger partial charge in [-0.1, -0.05) is 13.8 Å². The summed E-state index contributed by atoms with van der Waals surface area (Å²) in [7, 11) is 0. The van der Waals surface area contributed by atoms with Gasteiger partial charge < -0.3 is 4.98 Å². The van der Waals surface area contributed by atoms with Gasteiger partial charge in [0.1, 0.15) is 0 Å². The molecule has 2 aromatic rings. The number of hydrogen-bond acceptors (Lipinski definition) is 2. The van der Waals surface area contributed by atoms with E-state index in [0.29, 0.717) is 5.39 Å². The molecule has 0 bridgehead atoms. The van der Waals surface area contributed by atoms with Gasteiger partial charge in [-0.15, -0.1) is 0 Å². The number of aromatic nitrogens is 2. The summed E-state index contributed by atoms with van der Waals surface area (Å²) in [5.74, 6) is 0.247. The second-order valence-corrected chi connectivity index (χ2v) is 3.65. The summed E-state index contributed by atoms with van der Waals surface area (Å²) in [6.45, 7) is 4.02. The molecule has 2 aromatic heterocycles. The van der Waals surface area contributed by atoms with Gasteiger partial charge in [-0.05, 0) is 12.0 Å². The van der Waals surface area contributed by atoms with Crippen molar-refractivity contribution in [1.82, 2.24) is 9.97 Å². The largest absolute Gasteiger partial charge is 0.359 e. The van der Waals surface area contributed by atoms with Crippen molar-refractivity contribution in [2.75, 3.05) is 0 Å². The molecule has 0 aromatic carbocycles. The van der Waals surface area contributed by atoms with E-state index in [1.54, 1.807) is 24.7 Å². The van der Waals surface area contributed by atoms with Crippen molar-refractivity contribution in [2.24, 2.45) is 0 Å². The highest BCUT2D eigenvalue weighted by Crippen LogP contribution is 2.12. The summed E-state index contributed by atoms with van der Waals surface area (Å²) in [6, 6.07) is 1.75. The van der Waals surface area contributed by atoms with Gasteiger partial charge >= 0.3 is 0 Å². The third-order valence-electron chi connectivity index (χ3n) is 2.33. The summed E-state index contributed by atoms with van der Waals surface area (Å²) in [5, 5.41) is 0.714. The van der Waals surface area contributed by atoms with Crippen LogP contribution < -0.4 is 5.43 Å². The fourth-order valence-corrected chi connectivity index (χ4v) is 1.51. The van der Waals surface area contributed by atoms with Crippen molar-refractivity contribution < 1.29 is 0 Å². The topological polar surface area (TPSA) is 45.8 Å². The lowest BCUT2D eigenvalue weighted by Gasteiger charge is -2.05. The van der Waals surface area contributed by atoms with Gasteiger partial charge in [-0.25, -0.2) is 0 Å². The van der Waals surface area contributed by atoms with Crippen LogP contribution >= 0.6 is 0 Å². The van der Waals surface area contributed by atoms with Crippen LogP contribution in [0.1, 0.15) is 25.3 Å². The van der Waals surface area contributed by atoms with Gasteiger partial charge in [0, 0.05) is 23.3 Å². The van der Waals surface area contributed by atoms with E-state index < -0.39 is 0 Å². The normalized spacial score (nSPS) is 11.1. The van der Waals surface area contributed by atoms with Gasteiger partial charge in [0.05, 0.1) is 11.7 Å². The van der Waals surface area contributed by atoms with Crippen LogP contribution in [0.3, 0.4) is 0 Å². The molecule has 14 heavy (non-hydrogen) atoms. The lowest BCUT2D eigenvalue weighted by Crippen LogP contribution is -2.11. The zero-order chi connectivity index (χ0) is 10.1. The number of rotatable bonds is 1. The van der Waals surface area contributed by atoms with E-state index in [-0.39, 0.29) is 11.3 Å². The van der Waals surface area contributed by atoms with Crippen molar-refractivity contribution in [2.45, 2.75) is 19.8 Å². The molecule has 2 heterocycles. The highest BCUT2D eigenvalue weighted by molar-refractivity contribution is 5.77. The Hall–Kier alpha value is -1.64. The maximum atomic E-state index is 11.9. The molecule has 2 rings (SSSR count). The van der Waals surface area contributed by atoms with Gasteiger partial charge in [0.2, 0.25) is 0 Å².